The largest absolute Gasteiger partial charge is 0.365 e. The number of aromatic amines is 1. The average Bonchev–Trinajstić information content (AvgIpc) is 2.62. The van der Waals surface area contributed by atoms with Gasteiger partial charge in [-0.3, -0.25) is 4.55 Å². The molecule has 0 unspecified atom stereocenters. The monoisotopic (exact) mass is 248 g/mol. The summed E-state index contributed by atoms with van der Waals surface area (Å²) in [5.74, 6) is 0. The SMILES string of the molecule is CCCCCCc1ccc[nH]1.NS(=O)(=O)O. The second-order valence-electron chi connectivity index (χ2n) is 3.52. The fourth-order valence-corrected chi connectivity index (χ4v) is 1.27. The molecule has 1 aromatic rings. The fraction of sp³-hybridized carbons (Fsp3) is 0.600. The van der Waals surface area contributed by atoms with Crippen molar-refractivity contribution in [1.82, 2.24) is 4.98 Å². The summed E-state index contributed by atoms with van der Waals surface area (Å²) < 4.78 is 25.2. The highest BCUT2D eigenvalue weighted by Gasteiger charge is 1.91. The van der Waals surface area contributed by atoms with Crippen molar-refractivity contribution in [3.8, 4) is 0 Å². The molecule has 4 N–H and O–H groups in total. The van der Waals surface area contributed by atoms with E-state index in [1.807, 2.05) is 6.20 Å². The maximum Gasteiger partial charge on any atom is 0.330 e. The molecule has 0 spiro atoms. The summed E-state index contributed by atoms with van der Waals surface area (Å²) in [6, 6.07) is 4.22. The van der Waals surface area contributed by atoms with E-state index < -0.39 is 10.3 Å². The lowest BCUT2D eigenvalue weighted by molar-refractivity contribution is 0.485. The molecule has 0 saturated carbocycles. The molecular weight excluding hydrogens is 228 g/mol. The Morgan fingerprint density at radius 3 is 2.44 bits per heavy atom. The van der Waals surface area contributed by atoms with Crippen molar-refractivity contribution in [1.29, 1.82) is 0 Å². The molecule has 1 aromatic heterocycles. The zero-order chi connectivity index (χ0) is 12.4. The van der Waals surface area contributed by atoms with Crippen LogP contribution in [0, 0.1) is 0 Å². The molecule has 16 heavy (non-hydrogen) atoms. The molecule has 0 saturated heterocycles. The van der Waals surface area contributed by atoms with Crippen LogP contribution in [0.3, 0.4) is 0 Å². The summed E-state index contributed by atoms with van der Waals surface area (Å²) in [6.45, 7) is 2.24. The molecule has 5 nitrogen and oxygen atoms in total. The number of hydrogen-bond acceptors (Lipinski definition) is 2. The Balaban J connectivity index is 0.000000385. The Bertz CT molecular complexity index is 338. The first-order chi connectivity index (χ1) is 7.43. The molecule has 0 bridgehead atoms. The number of unbranched alkanes of at least 4 members (excludes halogenated alkanes) is 3. The highest BCUT2D eigenvalue weighted by atomic mass is 32.2. The van der Waals surface area contributed by atoms with Crippen LogP contribution in [0.4, 0.5) is 0 Å². The number of nitrogens with one attached hydrogen (secondary N) is 1. The van der Waals surface area contributed by atoms with Gasteiger partial charge in [-0.1, -0.05) is 26.2 Å². The van der Waals surface area contributed by atoms with Gasteiger partial charge in [0.2, 0.25) is 0 Å². The first-order valence-corrected chi connectivity index (χ1v) is 6.81. The van der Waals surface area contributed by atoms with E-state index in [4.69, 9.17) is 13.0 Å². The molecule has 0 aliphatic heterocycles. The molecule has 0 radical (unpaired) electrons. The number of H-pyrrole nitrogens is 1. The number of aryl methyl sites for hydroxylation is 1. The first kappa shape index (κ1) is 15.2. The second-order valence-corrected chi connectivity index (χ2v) is 4.55. The predicted octanol–water partition coefficient (Wildman–Crippen LogP) is 1.89. The van der Waals surface area contributed by atoms with Gasteiger partial charge in [-0.15, -0.1) is 0 Å². The Morgan fingerprint density at radius 1 is 1.38 bits per heavy atom. The third-order valence-electron chi connectivity index (χ3n) is 1.96. The standard InChI is InChI=1S/C10H17N.H3NO3S/c1-2-3-4-5-7-10-8-6-9-11-10;1-5(2,3)4/h6,8-9,11H,2-5,7H2,1H3;(H3,1,2,3,4). The lowest BCUT2D eigenvalue weighted by Gasteiger charge is -1.96. The minimum Gasteiger partial charge on any atom is -0.365 e. The predicted molar refractivity (Wildman–Crippen MR) is 64.4 cm³/mol. The van der Waals surface area contributed by atoms with E-state index >= 15 is 0 Å². The van der Waals surface area contributed by atoms with Gasteiger partial charge in [-0.05, 0) is 25.0 Å². The van der Waals surface area contributed by atoms with Crippen molar-refractivity contribution in [3.63, 3.8) is 0 Å². The van der Waals surface area contributed by atoms with Gasteiger partial charge in [-0.2, -0.15) is 8.42 Å². The van der Waals surface area contributed by atoms with E-state index in [0.717, 1.165) is 0 Å². The summed E-state index contributed by atoms with van der Waals surface area (Å²) in [5, 5.41) is 3.88. The van der Waals surface area contributed by atoms with Crippen LogP contribution in [-0.4, -0.2) is 18.0 Å². The van der Waals surface area contributed by atoms with Crippen molar-refractivity contribution in [2.24, 2.45) is 5.14 Å². The zero-order valence-corrected chi connectivity index (χ0v) is 10.3. The molecule has 1 rings (SSSR count). The van der Waals surface area contributed by atoms with Crippen molar-refractivity contribution < 1.29 is 13.0 Å². The maximum atomic E-state index is 8.97. The van der Waals surface area contributed by atoms with E-state index in [9.17, 15) is 0 Å². The van der Waals surface area contributed by atoms with Gasteiger partial charge in [0.1, 0.15) is 0 Å². The molecule has 0 aromatic carbocycles. The Hall–Kier alpha value is -0.850. The molecular formula is C10H20N2O3S. The van der Waals surface area contributed by atoms with Gasteiger partial charge in [-0.25, -0.2) is 5.14 Å². The average molecular weight is 248 g/mol. The highest BCUT2D eigenvalue weighted by Crippen LogP contribution is 2.04. The summed E-state index contributed by atoms with van der Waals surface area (Å²) in [4.78, 5) is 3.21. The number of aromatic nitrogens is 1. The summed E-state index contributed by atoms with van der Waals surface area (Å²) in [5.41, 5.74) is 1.38. The second kappa shape index (κ2) is 8.32. The third kappa shape index (κ3) is 13.2. The van der Waals surface area contributed by atoms with E-state index in [1.54, 1.807) is 0 Å². The normalized spacial score (nSPS) is 10.7. The van der Waals surface area contributed by atoms with E-state index in [0.29, 0.717) is 0 Å². The molecule has 0 atom stereocenters. The zero-order valence-electron chi connectivity index (χ0n) is 9.52. The van der Waals surface area contributed by atoms with E-state index in [-0.39, 0.29) is 0 Å². The minimum absolute atomic E-state index is 1.22. The van der Waals surface area contributed by atoms with Crippen LogP contribution in [0.1, 0.15) is 38.3 Å². The quantitative estimate of drug-likeness (QED) is 0.548. The van der Waals surface area contributed by atoms with Crippen molar-refractivity contribution in [2.45, 2.75) is 39.0 Å². The Kier molecular flexibility index (Phi) is 7.88. The van der Waals surface area contributed by atoms with Crippen LogP contribution in [0.25, 0.3) is 0 Å². The van der Waals surface area contributed by atoms with Gasteiger partial charge in [0.25, 0.3) is 0 Å². The maximum absolute atomic E-state index is 8.97. The summed E-state index contributed by atoms with van der Waals surface area (Å²) >= 11 is 0. The van der Waals surface area contributed by atoms with Crippen LogP contribution in [0.15, 0.2) is 18.3 Å². The van der Waals surface area contributed by atoms with E-state index in [1.165, 1.54) is 37.8 Å². The van der Waals surface area contributed by atoms with Crippen LogP contribution in [-0.2, 0) is 16.7 Å². The van der Waals surface area contributed by atoms with Crippen LogP contribution >= 0.6 is 0 Å². The topological polar surface area (TPSA) is 96.2 Å². The minimum atomic E-state index is -4.17. The van der Waals surface area contributed by atoms with Crippen molar-refractivity contribution >= 4 is 10.3 Å². The van der Waals surface area contributed by atoms with Gasteiger partial charge < -0.3 is 4.98 Å². The molecule has 0 aliphatic rings. The van der Waals surface area contributed by atoms with Crippen LogP contribution in [0.2, 0.25) is 0 Å². The van der Waals surface area contributed by atoms with Gasteiger partial charge >= 0.3 is 10.3 Å². The molecule has 0 amide bonds. The highest BCUT2D eigenvalue weighted by molar-refractivity contribution is 7.83. The molecule has 0 fully saturated rings. The lowest BCUT2D eigenvalue weighted by atomic mass is 10.1. The summed E-state index contributed by atoms with van der Waals surface area (Å²) in [6.07, 6.45) is 8.61. The lowest BCUT2D eigenvalue weighted by Crippen LogP contribution is -2.08. The first-order valence-electron chi connectivity index (χ1n) is 5.31. The van der Waals surface area contributed by atoms with Gasteiger partial charge in [0, 0.05) is 11.9 Å². The van der Waals surface area contributed by atoms with E-state index in [2.05, 4.69) is 29.2 Å². The molecule has 6 heteroatoms. The smallest absolute Gasteiger partial charge is 0.330 e. The third-order valence-corrected chi connectivity index (χ3v) is 1.96. The van der Waals surface area contributed by atoms with Crippen molar-refractivity contribution in [3.05, 3.63) is 24.0 Å². The van der Waals surface area contributed by atoms with Crippen LogP contribution in [0.5, 0.6) is 0 Å². The summed E-state index contributed by atoms with van der Waals surface area (Å²) in [7, 11) is -4.17. The molecule has 1 heterocycles. The molecule has 94 valence electrons. The van der Waals surface area contributed by atoms with Crippen molar-refractivity contribution in [2.75, 3.05) is 0 Å². The van der Waals surface area contributed by atoms with Crippen LogP contribution < -0.4 is 5.14 Å². The van der Waals surface area contributed by atoms with Gasteiger partial charge in [0.15, 0.2) is 0 Å². The van der Waals surface area contributed by atoms with Gasteiger partial charge in [0.05, 0.1) is 0 Å². The number of hydrogen-bond donors (Lipinski definition) is 3. The fourth-order valence-electron chi connectivity index (χ4n) is 1.27. The Morgan fingerprint density at radius 2 is 2.00 bits per heavy atom. The Labute approximate surface area is 96.9 Å². The number of nitrogens with two attached hydrogens (primary N) is 1. The number of rotatable bonds is 5. The molecule has 0 aliphatic carbocycles.